The van der Waals surface area contributed by atoms with Crippen LogP contribution in [0.2, 0.25) is 0 Å². The number of carbonyl (C=O) groups is 1. The number of allylic oxidation sites excluding steroid dienone is 8. The Labute approximate surface area is 390 Å². The molecule has 0 bridgehead atoms. The molecule has 0 fully saturated rings. The molecule has 0 spiro atoms. The highest BCUT2D eigenvalue weighted by molar-refractivity contribution is 7.45. The molecule has 2 atom stereocenters. The van der Waals surface area contributed by atoms with Crippen LogP contribution in [-0.2, 0) is 27.9 Å². The number of esters is 1. The van der Waals surface area contributed by atoms with Crippen molar-refractivity contribution >= 4 is 13.8 Å². The van der Waals surface area contributed by atoms with Crippen molar-refractivity contribution in [1.82, 2.24) is 0 Å². The Morgan fingerprint density at radius 1 is 0.508 bits per heavy atom. The van der Waals surface area contributed by atoms with Crippen LogP contribution in [0.1, 0.15) is 232 Å². The molecule has 0 aromatic heterocycles. The lowest BCUT2D eigenvalue weighted by atomic mass is 10.0. The molecule has 0 aliphatic heterocycles. The number of hydrogen-bond acceptors (Lipinski definition) is 7. The first kappa shape index (κ1) is 61.5. The minimum absolute atomic E-state index is 0.0219. The second kappa shape index (κ2) is 47.0. The van der Waals surface area contributed by atoms with Crippen LogP contribution in [0.4, 0.5) is 0 Å². The van der Waals surface area contributed by atoms with Crippen molar-refractivity contribution in [2.24, 2.45) is 0 Å². The zero-order valence-electron chi connectivity index (χ0n) is 42.0. The van der Waals surface area contributed by atoms with Gasteiger partial charge in [0, 0.05) is 13.0 Å². The first-order valence-corrected chi connectivity index (χ1v) is 27.8. The number of likely N-dealkylation sites (N-methyl/N-ethyl adjacent to an activating group) is 1. The third kappa shape index (κ3) is 51.3. The van der Waals surface area contributed by atoms with E-state index in [9.17, 15) is 14.3 Å². The molecule has 0 aliphatic rings. The average molecular weight is 908 g/mol. The standard InChI is InChI=1S/C54H102NO7P/c1-6-8-10-12-14-16-18-20-22-23-24-25-26-27-28-29-30-31-32-34-36-38-40-42-44-46-49-59-51-53(52-61-63(57,58)60-50-48-55(3,4)5)62-54(56)47-45-43-41-39-37-35-33-21-19-17-15-13-11-9-7-2/h9,11,15,17,21,23-24,33,53H,6-8,10,12-14,16,18-20,22,25-32,34-52H2,1-5H3/b11-9-,17-15-,24-23-,33-21-. The van der Waals surface area contributed by atoms with Gasteiger partial charge < -0.3 is 27.9 Å². The quantitative estimate of drug-likeness (QED) is 0.0197. The van der Waals surface area contributed by atoms with E-state index in [0.29, 0.717) is 24.1 Å². The molecule has 0 saturated heterocycles. The van der Waals surface area contributed by atoms with Gasteiger partial charge in [-0.05, 0) is 70.6 Å². The summed E-state index contributed by atoms with van der Waals surface area (Å²) in [5.41, 5.74) is 0. The number of unbranched alkanes of at least 4 members (excludes halogenated alkanes) is 27. The van der Waals surface area contributed by atoms with Gasteiger partial charge in [-0.15, -0.1) is 0 Å². The van der Waals surface area contributed by atoms with Gasteiger partial charge in [0.2, 0.25) is 0 Å². The summed E-state index contributed by atoms with van der Waals surface area (Å²) in [5.74, 6) is -0.349. The van der Waals surface area contributed by atoms with Crippen molar-refractivity contribution in [2.45, 2.75) is 238 Å². The van der Waals surface area contributed by atoms with E-state index < -0.39 is 13.9 Å². The molecule has 2 unspecified atom stereocenters. The highest BCUT2D eigenvalue weighted by atomic mass is 31.2. The summed E-state index contributed by atoms with van der Waals surface area (Å²) in [4.78, 5) is 25.1. The molecule has 0 heterocycles. The maximum atomic E-state index is 12.7. The topological polar surface area (TPSA) is 94.1 Å². The molecule has 0 aromatic rings. The van der Waals surface area contributed by atoms with Crippen molar-refractivity contribution in [3.05, 3.63) is 48.6 Å². The Kier molecular flexibility index (Phi) is 45.8. The normalized spacial score (nSPS) is 13.9. The van der Waals surface area contributed by atoms with E-state index in [-0.39, 0.29) is 25.8 Å². The average Bonchev–Trinajstić information content (AvgIpc) is 3.24. The number of rotatable bonds is 49. The van der Waals surface area contributed by atoms with E-state index >= 15 is 0 Å². The number of ether oxygens (including phenoxy) is 2. The molecule has 0 saturated carbocycles. The predicted molar refractivity (Wildman–Crippen MR) is 268 cm³/mol. The van der Waals surface area contributed by atoms with Crippen LogP contribution in [0.5, 0.6) is 0 Å². The molecular weight excluding hydrogens is 806 g/mol. The van der Waals surface area contributed by atoms with Crippen LogP contribution in [-0.4, -0.2) is 70.7 Å². The zero-order chi connectivity index (χ0) is 46.2. The first-order chi connectivity index (χ1) is 30.6. The van der Waals surface area contributed by atoms with Gasteiger partial charge in [0.1, 0.15) is 19.3 Å². The van der Waals surface area contributed by atoms with Crippen LogP contribution in [0, 0.1) is 0 Å². The molecule has 63 heavy (non-hydrogen) atoms. The molecule has 0 aliphatic carbocycles. The number of hydrogen-bond donors (Lipinski definition) is 0. The largest absolute Gasteiger partial charge is 0.756 e. The lowest BCUT2D eigenvalue weighted by Crippen LogP contribution is -2.37. The summed E-state index contributed by atoms with van der Waals surface area (Å²) < 4.78 is 34.7. The monoisotopic (exact) mass is 908 g/mol. The van der Waals surface area contributed by atoms with Gasteiger partial charge >= 0.3 is 5.97 Å². The third-order valence-electron chi connectivity index (χ3n) is 11.4. The fraction of sp³-hybridized carbons (Fsp3) is 0.833. The van der Waals surface area contributed by atoms with Crippen molar-refractivity contribution in [3.8, 4) is 0 Å². The Hall–Kier alpha value is -1.54. The highest BCUT2D eigenvalue weighted by Crippen LogP contribution is 2.38. The Morgan fingerprint density at radius 3 is 1.40 bits per heavy atom. The summed E-state index contributed by atoms with van der Waals surface area (Å²) in [6, 6.07) is 0. The minimum Gasteiger partial charge on any atom is -0.756 e. The SMILES string of the molecule is CC/C=C\C/C=C\C/C=C\CCCCCCCC(=O)OC(COCCCCCCCCCCCCCCCC/C=C\CCCCCCCCCC)COP(=O)([O-])OCC[N+](C)(C)C. The number of quaternary nitrogens is 1. The van der Waals surface area contributed by atoms with E-state index in [1.807, 2.05) is 21.1 Å². The van der Waals surface area contributed by atoms with Crippen molar-refractivity contribution in [3.63, 3.8) is 0 Å². The van der Waals surface area contributed by atoms with Crippen LogP contribution in [0.25, 0.3) is 0 Å². The summed E-state index contributed by atoms with van der Waals surface area (Å²) in [6.07, 6.45) is 58.6. The van der Waals surface area contributed by atoms with Gasteiger partial charge in [-0.1, -0.05) is 204 Å². The fourth-order valence-electron chi connectivity index (χ4n) is 7.32. The van der Waals surface area contributed by atoms with Gasteiger partial charge in [0.05, 0.1) is 34.4 Å². The molecule has 0 N–H and O–H groups in total. The van der Waals surface area contributed by atoms with Gasteiger partial charge in [-0.2, -0.15) is 0 Å². The van der Waals surface area contributed by atoms with Gasteiger partial charge in [0.25, 0.3) is 7.82 Å². The first-order valence-electron chi connectivity index (χ1n) is 26.4. The zero-order valence-corrected chi connectivity index (χ0v) is 42.9. The molecule has 0 amide bonds. The number of carbonyl (C=O) groups excluding carboxylic acids is 1. The Morgan fingerprint density at radius 2 is 0.921 bits per heavy atom. The van der Waals surface area contributed by atoms with Crippen LogP contribution < -0.4 is 4.89 Å². The molecule has 0 radical (unpaired) electrons. The van der Waals surface area contributed by atoms with Crippen LogP contribution >= 0.6 is 7.82 Å². The molecule has 8 nitrogen and oxygen atoms in total. The summed E-state index contributed by atoms with van der Waals surface area (Å²) in [5, 5.41) is 0. The van der Waals surface area contributed by atoms with Crippen molar-refractivity contribution in [1.29, 1.82) is 0 Å². The minimum atomic E-state index is -4.53. The number of nitrogens with zero attached hydrogens (tertiary/aromatic N) is 1. The lowest BCUT2D eigenvalue weighted by molar-refractivity contribution is -0.870. The van der Waals surface area contributed by atoms with Crippen LogP contribution in [0.15, 0.2) is 48.6 Å². The molecule has 0 aromatic carbocycles. The molecule has 0 rings (SSSR count). The smallest absolute Gasteiger partial charge is 0.306 e. The molecule has 370 valence electrons. The second-order valence-electron chi connectivity index (χ2n) is 18.9. The Bertz CT molecular complexity index is 1150. The molecular formula is C54H102NO7P. The van der Waals surface area contributed by atoms with E-state index in [4.69, 9.17) is 18.5 Å². The van der Waals surface area contributed by atoms with Crippen molar-refractivity contribution < 1.29 is 37.3 Å². The summed E-state index contributed by atoms with van der Waals surface area (Å²) >= 11 is 0. The van der Waals surface area contributed by atoms with E-state index in [1.54, 1.807) is 0 Å². The van der Waals surface area contributed by atoms with E-state index in [1.165, 1.54) is 141 Å². The predicted octanol–water partition coefficient (Wildman–Crippen LogP) is 15.7. The second-order valence-corrected chi connectivity index (χ2v) is 20.3. The summed E-state index contributed by atoms with van der Waals surface area (Å²) in [6.45, 7) is 5.30. The van der Waals surface area contributed by atoms with Gasteiger partial charge in [-0.3, -0.25) is 9.36 Å². The van der Waals surface area contributed by atoms with Gasteiger partial charge in [-0.25, -0.2) is 0 Å². The Balaban J connectivity index is 4.05. The maximum Gasteiger partial charge on any atom is 0.306 e. The maximum absolute atomic E-state index is 12.7. The van der Waals surface area contributed by atoms with Crippen LogP contribution in [0.3, 0.4) is 0 Å². The van der Waals surface area contributed by atoms with Crippen molar-refractivity contribution in [2.75, 3.05) is 54.1 Å². The molecule has 9 heteroatoms. The third-order valence-corrected chi connectivity index (χ3v) is 12.3. The van der Waals surface area contributed by atoms with Gasteiger partial charge in [0.15, 0.2) is 0 Å². The van der Waals surface area contributed by atoms with E-state index in [2.05, 4.69) is 62.5 Å². The fourth-order valence-corrected chi connectivity index (χ4v) is 8.05. The van der Waals surface area contributed by atoms with E-state index in [0.717, 1.165) is 70.6 Å². The number of phosphoric acid groups is 1. The highest BCUT2D eigenvalue weighted by Gasteiger charge is 2.20. The summed E-state index contributed by atoms with van der Waals surface area (Å²) in [7, 11) is 1.35. The number of phosphoric ester groups is 1. The lowest BCUT2D eigenvalue weighted by Gasteiger charge is -2.28.